The normalized spacial score (nSPS) is 16.5. The van der Waals surface area contributed by atoms with E-state index in [2.05, 4.69) is 156 Å². The van der Waals surface area contributed by atoms with Crippen molar-refractivity contribution >= 4 is 73.7 Å². The maximum absolute atomic E-state index is 14.1. The fraction of sp³-hybridized carbons (Fsp3) is 0.489. The van der Waals surface area contributed by atoms with Gasteiger partial charge in [-0.05, 0) is 193 Å². The maximum atomic E-state index is 14.1. The summed E-state index contributed by atoms with van der Waals surface area (Å²) in [4.78, 5) is 86.1. The standard InChI is InChI=1S/C46H61N3O6S2Si.C38H54N2O5Si.C8H11NO4/c1-45(2,3)58(6,7)55-41-32-38(49(33-41)44(51)19-12-9-14-29-47-42(50)28-31-56-57-43-18-13-15-30-48-43)34-54-46(35-16-10-8-11-17-35,36-20-24-39(52-4)25-21-36)37-22-26-40(53-5)27-23-37;1-37(2,3)46(6,7)45-35-26-32(40(27-35)36(41)16-12-9-13-25-39)28-44-38(29-14-10-8-11-15-29,30-17-21-33(42-4)22-18-30)31-19-23-34(43-5)24-20-31;1-2-3-8(12)13-9-6(10)4-5-7(9)11/h8,10-11,13,15-18,20-27,30,38,41H,9,12,14,19,28-29,31-34H2,1-7H3,(H,47,50);8,10-11,14-15,17-24,32,35H,9,12-13,16,25-28,39H2,1-7H3;2-5H2,1H3/t38-,41+;32-,35+;/m00./s1. The first-order valence-corrected chi connectivity index (χ1v) is 49.2. The van der Waals surface area contributed by atoms with Crippen LogP contribution in [0.25, 0.3) is 0 Å². The lowest BCUT2D eigenvalue weighted by Crippen LogP contribution is -2.45. The number of hydrogen-bond donors (Lipinski definition) is 2. The summed E-state index contributed by atoms with van der Waals surface area (Å²) in [6, 6.07) is 58.3. The summed E-state index contributed by atoms with van der Waals surface area (Å²) < 4.78 is 50.5. The second-order valence-corrected chi connectivity index (χ2v) is 44.8. The molecule has 634 valence electrons. The third kappa shape index (κ3) is 26.3. The molecule has 3 saturated heterocycles. The van der Waals surface area contributed by atoms with Crippen LogP contribution in [0.5, 0.6) is 23.0 Å². The summed E-state index contributed by atoms with van der Waals surface area (Å²) in [5, 5.41) is 4.66. The van der Waals surface area contributed by atoms with E-state index in [-0.39, 0.29) is 71.4 Å². The number of ether oxygens (including phenoxy) is 6. The highest BCUT2D eigenvalue weighted by molar-refractivity contribution is 8.76. The molecule has 117 heavy (non-hydrogen) atoms. The number of nitrogens with two attached hydrogens (primary N) is 1. The number of likely N-dealkylation sites (tertiary alicyclic amines) is 2. The Bertz CT molecular complexity index is 4110. The molecule has 0 radical (unpaired) electrons. The summed E-state index contributed by atoms with van der Waals surface area (Å²) in [5.74, 6) is 2.69. The molecule has 3 aliphatic rings. The van der Waals surface area contributed by atoms with E-state index in [1.165, 1.54) is 0 Å². The molecule has 3 fully saturated rings. The number of unbranched alkanes of at least 4 members (excludes halogenated alkanes) is 4. The van der Waals surface area contributed by atoms with E-state index < -0.39 is 45.6 Å². The minimum absolute atomic E-state index is 0.0319. The Balaban J connectivity index is 0.000000257. The molecule has 7 aromatic rings. The van der Waals surface area contributed by atoms with Crippen molar-refractivity contribution in [3.05, 3.63) is 216 Å². The molecular formula is C92H126N6O15S2Si2. The number of imide groups is 1. The fourth-order valence-electron chi connectivity index (χ4n) is 14.0. The average Bonchev–Trinajstić information content (AvgIpc) is 1.03. The van der Waals surface area contributed by atoms with Gasteiger partial charge in [0.2, 0.25) is 17.7 Å². The maximum Gasteiger partial charge on any atom is 0.333 e. The van der Waals surface area contributed by atoms with Gasteiger partial charge in [0.25, 0.3) is 11.8 Å². The van der Waals surface area contributed by atoms with Gasteiger partial charge in [0, 0.05) is 70.1 Å². The van der Waals surface area contributed by atoms with Crippen molar-refractivity contribution in [3.63, 3.8) is 0 Å². The average molecular weight is 1680 g/mol. The Kier molecular flexibility index (Phi) is 36.3. The molecule has 25 heteroatoms. The van der Waals surface area contributed by atoms with Crippen LogP contribution in [0.3, 0.4) is 0 Å². The molecule has 0 spiro atoms. The van der Waals surface area contributed by atoms with Gasteiger partial charge in [0.1, 0.15) is 39.2 Å². The van der Waals surface area contributed by atoms with Gasteiger partial charge in [-0.2, -0.15) is 0 Å². The molecule has 4 atom stereocenters. The van der Waals surface area contributed by atoms with Gasteiger partial charge in [-0.15, -0.1) is 5.06 Å². The van der Waals surface area contributed by atoms with Crippen LogP contribution in [0.15, 0.2) is 187 Å². The highest BCUT2D eigenvalue weighted by Crippen LogP contribution is 2.47. The molecule has 6 aromatic carbocycles. The molecule has 5 amide bonds. The molecule has 1 aromatic heterocycles. The van der Waals surface area contributed by atoms with Crippen molar-refractivity contribution in [1.29, 1.82) is 0 Å². The van der Waals surface area contributed by atoms with E-state index in [1.54, 1.807) is 56.2 Å². The number of methoxy groups -OCH3 is 4. The third-order valence-electron chi connectivity index (χ3n) is 22.6. The van der Waals surface area contributed by atoms with E-state index in [0.29, 0.717) is 76.6 Å². The molecular weight excluding hydrogens is 1550 g/mol. The van der Waals surface area contributed by atoms with Gasteiger partial charge in [-0.25, -0.2) is 9.78 Å². The first-order valence-electron chi connectivity index (χ1n) is 41.1. The number of nitrogens with one attached hydrogen (secondary N) is 1. The lowest BCUT2D eigenvalue weighted by atomic mass is 9.80. The minimum atomic E-state index is -2.12. The molecule has 3 aliphatic heterocycles. The molecule has 0 aliphatic carbocycles. The van der Waals surface area contributed by atoms with Crippen LogP contribution < -0.4 is 30.0 Å². The molecule has 4 heterocycles. The minimum Gasteiger partial charge on any atom is -0.497 e. The van der Waals surface area contributed by atoms with Crippen molar-refractivity contribution in [2.75, 3.05) is 73.6 Å². The first kappa shape index (κ1) is 94.1. The van der Waals surface area contributed by atoms with Crippen molar-refractivity contribution in [1.82, 2.24) is 25.2 Å². The topological polar surface area (TPSA) is 246 Å². The number of rotatable bonds is 39. The van der Waals surface area contributed by atoms with Crippen LogP contribution in [0.4, 0.5) is 0 Å². The summed E-state index contributed by atoms with van der Waals surface area (Å²) in [5.41, 5.74) is 9.58. The zero-order valence-electron chi connectivity index (χ0n) is 71.5. The van der Waals surface area contributed by atoms with E-state index in [0.717, 1.165) is 112 Å². The van der Waals surface area contributed by atoms with E-state index in [9.17, 15) is 28.8 Å². The Hall–Kier alpha value is -8.38. The highest BCUT2D eigenvalue weighted by atomic mass is 33.1. The molecule has 3 N–H and O–H groups in total. The Morgan fingerprint density at radius 2 is 0.880 bits per heavy atom. The lowest BCUT2D eigenvalue weighted by Gasteiger charge is -2.38. The van der Waals surface area contributed by atoms with Crippen LogP contribution in [-0.2, 0) is 63.1 Å². The van der Waals surface area contributed by atoms with Crippen LogP contribution >= 0.6 is 21.6 Å². The van der Waals surface area contributed by atoms with Crippen LogP contribution in [-0.4, -0.2) is 170 Å². The van der Waals surface area contributed by atoms with Crippen LogP contribution in [0.2, 0.25) is 36.3 Å². The Morgan fingerprint density at radius 3 is 1.24 bits per heavy atom. The molecule has 10 rings (SSSR count). The number of carbonyl (C=O) groups is 6. The number of hydrogen-bond acceptors (Lipinski definition) is 19. The molecule has 0 saturated carbocycles. The Labute approximate surface area is 704 Å². The predicted molar refractivity (Wildman–Crippen MR) is 469 cm³/mol. The highest BCUT2D eigenvalue weighted by Gasteiger charge is 2.48. The zero-order chi connectivity index (χ0) is 84.8. The number of amides is 5. The summed E-state index contributed by atoms with van der Waals surface area (Å²) >= 11 is 0. The van der Waals surface area contributed by atoms with E-state index in [4.69, 9.17) is 43.0 Å². The second kappa shape index (κ2) is 45.1. The van der Waals surface area contributed by atoms with E-state index >= 15 is 0 Å². The summed E-state index contributed by atoms with van der Waals surface area (Å²) in [6.45, 7) is 27.5. The van der Waals surface area contributed by atoms with Gasteiger partial charge in [0.05, 0.1) is 65.9 Å². The third-order valence-corrected chi connectivity index (χ3v) is 33.9. The summed E-state index contributed by atoms with van der Waals surface area (Å²) in [7, 11) is 5.72. The number of aromatic nitrogens is 1. The van der Waals surface area contributed by atoms with Crippen LogP contribution in [0.1, 0.15) is 178 Å². The fourth-order valence-corrected chi connectivity index (χ4v) is 18.6. The number of benzene rings is 6. The van der Waals surface area contributed by atoms with Crippen molar-refractivity contribution < 1.29 is 70.9 Å². The number of carbonyl (C=O) groups excluding carboxylic acids is 6. The SMILES string of the molecule is CCCC(=O)ON1C(=O)CCC1=O.COc1ccc(C(OC[C@@H]2C[C@@H](O[Si](C)(C)C(C)(C)C)CN2C(=O)CCCCCN)(c2ccccc2)c2ccc(OC)cc2)cc1.COc1ccc(C(OC[C@@H]2C[C@@H](O[Si](C)(C)C(C)(C)C)CN2C(=O)CCCCCNC(=O)CCSSc2ccccn2)(c2ccccc2)c2ccc(OC)cc2)cc1. The second-order valence-electron chi connectivity index (χ2n) is 32.9. The number of pyridine rings is 1. The number of hydroxylamine groups is 2. The van der Waals surface area contributed by atoms with Crippen molar-refractivity contribution in [2.45, 2.75) is 222 Å². The smallest absolute Gasteiger partial charge is 0.333 e. The van der Waals surface area contributed by atoms with Gasteiger partial charge in [0.15, 0.2) is 16.6 Å². The lowest BCUT2D eigenvalue weighted by molar-refractivity contribution is -0.197. The summed E-state index contributed by atoms with van der Waals surface area (Å²) in [6.07, 6.45) is 10.7. The molecule has 0 bridgehead atoms. The molecule has 0 unspecified atom stereocenters. The van der Waals surface area contributed by atoms with Gasteiger partial charge < -0.3 is 63.0 Å². The quantitative estimate of drug-likeness (QED) is 0.0119. The van der Waals surface area contributed by atoms with Gasteiger partial charge in [-0.3, -0.25) is 24.0 Å². The van der Waals surface area contributed by atoms with Gasteiger partial charge >= 0.3 is 5.97 Å². The van der Waals surface area contributed by atoms with Crippen molar-refractivity contribution in [2.24, 2.45) is 5.73 Å². The predicted octanol–water partition coefficient (Wildman–Crippen LogP) is 17.8. The Morgan fingerprint density at radius 1 is 0.496 bits per heavy atom. The van der Waals surface area contributed by atoms with Crippen LogP contribution in [0, 0.1) is 0 Å². The zero-order valence-corrected chi connectivity index (χ0v) is 75.1. The van der Waals surface area contributed by atoms with Gasteiger partial charge in [-0.1, -0.05) is 187 Å². The largest absolute Gasteiger partial charge is 0.497 e. The first-order chi connectivity index (χ1) is 55.9. The van der Waals surface area contributed by atoms with Crippen molar-refractivity contribution in [3.8, 4) is 23.0 Å². The number of nitrogens with zero attached hydrogens (tertiary/aromatic N) is 4. The monoisotopic (exact) mass is 1670 g/mol. The molecule has 21 nitrogen and oxygen atoms in total. The van der Waals surface area contributed by atoms with E-state index in [1.807, 2.05) is 120 Å².